The van der Waals surface area contributed by atoms with Gasteiger partial charge < -0.3 is 0 Å². The lowest BCUT2D eigenvalue weighted by Gasteiger charge is -1.67. The Balaban J connectivity index is 2.34. The van der Waals surface area contributed by atoms with Gasteiger partial charge in [-0.1, -0.05) is 12.2 Å². The first kappa shape index (κ1) is 4.57. The summed E-state index contributed by atoms with van der Waals surface area (Å²) in [6.07, 6.45) is 4.66. The Morgan fingerprint density at radius 3 is 2.57 bits per heavy atom. The Hall–Kier alpha value is -0.590. The number of hydrogen-bond acceptors (Lipinski definition) is 1. The monoisotopic (exact) mass is 96.1 g/mol. The third-order valence-electron chi connectivity index (χ3n) is 1.10. The third-order valence-corrected chi connectivity index (χ3v) is 1.10. The molecule has 0 aromatic carbocycles. The highest BCUT2D eigenvalue weighted by atomic mass is 16.1. The summed E-state index contributed by atoms with van der Waals surface area (Å²) >= 11 is 0. The van der Waals surface area contributed by atoms with Gasteiger partial charge in [-0.3, -0.25) is 4.79 Å². The van der Waals surface area contributed by atoms with Crippen LogP contribution in [0.25, 0.3) is 0 Å². The van der Waals surface area contributed by atoms with Gasteiger partial charge in [-0.2, -0.15) is 0 Å². The smallest absolute Gasteiger partial charge is 0.141 e. The van der Waals surface area contributed by atoms with Gasteiger partial charge in [0.25, 0.3) is 0 Å². The first-order valence-corrected chi connectivity index (χ1v) is 2.50. The minimum Gasteiger partial charge on any atom is -0.299 e. The minimum absolute atomic E-state index is 0.296. The molecule has 1 aliphatic rings. The van der Waals surface area contributed by atoms with E-state index in [1.165, 1.54) is 0 Å². The predicted octanol–water partition coefficient (Wildman–Crippen LogP) is 1.15. The molecule has 0 spiro atoms. The van der Waals surface area contributed by atoms with Crippen LogP contribution in [0, 0.1) is 5.92 Å². The van der Waals surface area contributed by atoms with Crippen molar-refractivity contribution >= 4 is 5.78 Å². The number of Topliss-reactive ketones (excluding diaryl/α,β-unsaturated/α-hetero) is 1. The van der Waals surface area contributed by atoms with Crippen LogP contribution in [0.4, 0.5) is 0 Å². The highest BCUT2D eigenvalue weighted by Gasteiger charge is 2.30. The zero-order valence-electron chi connectivity index (χ0n) is 4.35. The SMILES string of the molecule is CC=CC1CC1=O. The van der Waals surface area contributed by atoms with E-state index in [1.54, 1.807) is 0 Å². The zero-order valence-corrected chi connectivity index (χ0v) is 4.35. The Morgan fingerprint density at radius 1 is 1.86 bits per heavy atom. The molecule has 1 unspecified atom stereocenters. The van der Waals surface area contributed by atoms with Crippen LogP contribution in [0.3, 0.4) is 0 Å². The summed E-state index contributed by atoms with van der Waals surface area (Å²) in [5.74, 6) is 0.683. The number of carbonyl (C=O) groups is 1. The molecule has 1 aliphatic carbocycles. The maximum absolute atomic E-state index is 10.2. The van der Waals surface area contributed by atoms with Crippen LogP contribution in [0.15, 0.2) is 12.2 Å². The van der Waals surface area contributed by atoms with E-state index >= 15 is 0 Å². The molecule has 1 rings (SSSR count). The van der Waals surface area contributed by atoms with Crippen LogP contribution < -0.4 is 0 Å². The second kappa shape index (κ2) is 1.49. The van der Waals surface area contributed by atoms with Gasteiger partial charge in [0.15, 0.2) is 0 Å². The summed E-state index contributed by atoms with van der Waals surface area (Å²) in [5.41, 5.74) is 0. The highest BCUT2D eigenvalue weighted by molar-refractivity contribution is 5.97. The number of rotatable bonds is 1. The van der Waals surface area contributed by atoms with Crippen molar-refractivity contribution in [2.45, 2.75) is 13.3 Å². The molecule has 7 heavy (non-hydrogen) atoms. The quantitative estimate of drug-likeness (QED) is 0.447. The molecule has 38 valence electrons. The lowest BCUT2D eigenvalue weighted by Crippen LogP contribution is -1.66. The van der Waals surface area contributed by atoms with E-state index in [4.69, 9.17) is 0 Å². The molecule has 0 aromatic rings. The Kier molecular flexibility index (Phi) is 0.970. The lowest BCUT2D eigenvalue weighted by atomic mass is 10.4. The van der Waals surface area contributed by atoms with Crippen LogP contribution in [0.1, 0.15) is 13.3 Å². The Labute approximate surface area is 43.0 Å². The van der Waals surface area contributed by atoms with Gasteiger partial charge in [-0.25, -0.2) is 0 Å². The molecule has 1 heteroatoms. The average molecular weight is 96.1 g/mol. The largest absolute Gasteiger partial charge is 0.299 e. The van der Waals surface area contributed by atoms with E-state index in [-0.39, 0.29) is 0 Å². The molecule has 1 fully saturated rings. The second-order valence-corrected chi connectivity index (χ2v) is 1.80. The number of hydrogen-bond donors (Lipinski definition) is 0. The molecule has 1 atom stereocenters. The van der Waals surface area contributed by atoms with Gasteiger partial charge in [0.2, 0.25) is 0 Å². The van der Waals surface area contributed by atoms with E-state index < -0.39 is 0 Å². The van der Waals surface area contributed by atoms with Crippen LogP contribution in [0.2, 0.25) is 0 Å². The average Bonchev–Trinajstić information content (AvgIpc) is 2.22. The van der Waals surface area contributed by atoms with Gasteiger partial charge >= 0.3 is 0 Å². The van der Waals surface area contributed by atoms with Crippen molar-refractivity contribution in [3.05, 3.63) is 12.2 Å². The summed E-state index contributed by atoms with van der Waals surface area (Å²) in [7, 11) is 0. The van der Waals surface area contributed by atoms with E-state index in [9.17, 15) is 4.79 Å². The summed E-state index contributed by atoms with van der Waals surface area (Å²) in [5, 5.41) is 0. The Morgan fingerprint density at radius 2 is 2.43 bits per heavy atom. The van der Waals surface area contributed by atoms with E-state index in [0.717, 1.165) is 6.42 Å². The Bertz CT molecular complexity index is 113. The van der Waals surface area contributed by atoms with Crippen LogP contribution in [-0.4, -0.2) is 5.78 Å². The van der Waals surface area contributed by atoms with Crippen molar-refractivity contribution in [2.24, 2.45) is 5.92 Å². The molecular weight excluding hydrogens is 88.1 g/mol. The van der Waals surface area contributed by atoms with Crippen molar-refractivity contribution in [1.29, 1.82) is 0 Å². The summed E-state index contributed by atoms with van der Waals surface area (Å²) in [4.78, 5) is 10.2. The standard InChI is InChI=1S/C6H8O/c1-2-3-5-4-6(5)7/h2-3,5H,4H2,1H3. The first-order valence-electron chi connectivity index (χ1n) is 2.50. The maximum Gasteiger partial charge on any atom is 0.141 e. The molecule has 0 amide bonds. The number of ketones is 1. The molecule has 1 saturated carbocycles. The van der Waals surface area contributed by atoms with Crippen molar-refractivity contribution < 1.29 is 4.79 Å². The minimum atomic E-state index is 0.296. The normalized spacial score (nSPS) is 29.3. The van der Waals surface area contributed by atoms with Gasteiger partial charge in [0, 0.05) is 12.3 Å². The number of carbonyl (C=O) groups excluding carboxylic acids is 1. The zero-order chi connectivity index (χ0) is 5.28. The van der Waals surface area contributed by atoms with Crippen molar-refractivity contribution in [3.8, 4) is 0 Å². The molecule has 1 nitrogen and oxygen atoms in total. The van der Waals surface area contributed by atoms with Gasteiger partial charge in [-0.05, 0) is 6.92 Å². The van der Waals surface area contributed by atoms with Gasteiger partial charge in [-0.15, -0.1) is 0 Å². The van der Waals surface area contributed by atoms with E-state index in [1.807, 2.05) is 19.1 Å². The topological polar surface area (TPSA) is 17.1 Å². The molecular formula is C6H8O. The van der Waals surface area contributed by atoms with Crippen LogP contribution in [0.5, 0.6) is 0 Å². The molecule has 0 radical (unpaired) electrons. The lowest BCUT2D eigenvalue weighted by molar-refractivity contribution is -0.110. The molecule has 0 bridgehead atoms. The first-order chi connectivity index (χ1) is 3.34. The summed E-state index contributed by atoms with van der Waals surface area (Å²) in [6, 6.07) is 0. The molecule has 0 N–H and O–H groups in total. The molecule has 0 heterocycles. The molecule has 0 aliphatic heterocycles. The number of allylic oxidation sites excluding steroid dienone is 2. The molecule has 0 aromatic heterocycles. The van der Waals surface area contributed by atoms with Crippen molar-refractivity contribution in [1.82, 2.24) is 0 Å². The fourth-order valence-corrected chi connectivity index (χ4v) is 0.565. The maximum atomic E-state index is 10.2. The third kappa shape index (κ3) is 0.889. The fourth-order valence-electron chi connectivity index (χ4n) is 0.565. The van der Waals surface area contributed by atoms with Crippen molar-refractivity contribution in [3.63, 3.8) is 0 Å². The van der Waals surface area contributed by atoms with Gasteiger partial charge in [0.05, 0.1) is 0 Å². The second-order valence-electron chi connectivity index (χ2n) is 1.80. The van der Waals surface area contributed by atoms with Crippen molar-refractivity contribution in [2.75, 3.05) is 0 Å². The van der Waals surface area contributed by atoms with Crippen LogP contribution in [-0.2, 0) is 4.79 Å². The summed E-state index contributed by atoms with van der Waals surface area (Å²) in [6.45, 7) is 1.94. The van der Waals surface area contributed by atoms with E-state index in [2.05, 4.69) is 0 Å². The fraction of sp³-hybridized carbons (Fsp3) is 0.500. The predicted molar refractivity (Wildman–Crippen MR) is 27.9 cm³/mol. The summed E-state index contributed by atoms with van der Waals surface area (Å²) < 4.78 is 0. The van der Waals surface area contributed by atoms with Crippen LogP contribution >= 0.6 is 0 Å². The van der Waals surface area contributed by atoms with E-state index in [0.29, 0.717) is 11.7 Å². The highest BCUT2D eigenvalue weighted by Crippen LogP contribution is 2.24. The van der Waals surface area contributed by atoms with Gasteiger partial charge in [0.1, 0.15) is 5.78 Å². The molecule has 0 saturated heterocycles.